The second kappa shape index (κ2) is 7.70. The lowest BCUT2D eigenvalue weighted by atomic mass is 9.97. The maximum absolute atomic E-state index is 5.98. The molecule has 2 aliphatic heterocycles. The minimum absolute atomic E-state index is 0.0766. The van der Waals surface area contributed by atoms with Gasteiger partial charge in [0, 0.05) is 32.0 Å². The lowest BCUT2D eigenvalue weighted by Crippen LogP contribution is -2.42. The fraction of sp³-hybridized carbons (Fsp3) is 0.474. The van der Waals surface area contributed by atoms with Gasteiger partial charge in [-0.1, -0.05) is 12.1 Å². The van der Waals surface area contributed by atoms with Crippen LogP contribution in [0.2, 0.25) is 0 Å². The summed E-state index contributed by atoms with van der Waals surface area (Å²) in [6, 6.07) is 9.71. The summed E-state index contributed by atoms with van der Waals surface area (Å²) in [5, 5.41) is 3.56. The van der Waals surface area contributed by atoms with Crippen LogP contribution in [0, 0.1) is 5.92 Å². The smallest absolute Gasteiger partial charge is 0.225 e. The summed E-state index contributed by atoms with van der Waals surface area (Å²) < 4.78 is 11.7. The molecule has 1 N–H and O–H groups in total. The summed E-state index contributed by atoms with van der Waals surface area (Å²) in [6.45, 7) is 4.48. The second-order valence-corrected chi connectivity index (χ2v) is 6.64. The molecule has 25 heavy (non-hydrogen) atoms. The summed E-state index contributed by atoms with van der Waals surface area (Å²) in [5.74, 6) is 3.23. The number of hydrogen-bond acceptors (Lipinski definition) is 6. The first-order valence-corrected chi connectivity index (χ1v) is 8.99. The van der Waals surface area contributed by atoms with Gasteiger partial charge in [-0.25, -0.2) is 9.97 Å². The molecule has 1 aromatic carbocycles. The van der Waals surface area contributed by atoms with E-state index in [2.05, 4.69) is 20.2 Å². The molecule has 0 radical (unpaired) electrons. The monoisotopic (exact) mass is 340 g/mol. The van der Waals surface area contributed by atoms with Crippen molar-refractivity contribution < 1.29 is 9.47 Å². The van der Waals surface area contributed by atoms with Crippen LogP contribution in [0.5, 0.6) is 11.5 Å². The Morgan fingerprint density at radius 1 is 1.00 bits per heavy atom. The van der Waals surface area contributed by atoms with Gasteiger partial charge >= 0.3 is 0 Å². The molecule has 0 amide bonds. The maximum Gasteiger partial charge on any atom is 0.225 e. The zero-order valence-electron chi connectivity index (χ0n) is 14.3. The van der Waals surface area contributed by atoms with Gasteiger partial charge in [-0.3, -0.25) is 0 Å². The number of hydrogen-bond donors (Lipinski definition) is 1. The van der Waals surface area contributed by atoms with Gasteiger partial charge in [-0.15, -0.1) is 0 Å². The van der Waals surface area contributed by atoms with Crippen LogP contribution in [0.25, 0.3) is 0 Å². The molecule has 1 fully saturated rings. The first kappa shape index (κ1) is 16.1. The van der Waals surface area contributed by atoms with Crippen molar-refractivity contribution in [2.45, 2.75) is 18.9 Å². The van der Waals surface area contributed by atoms with E-state index in [1.165, 1.54) is 0 Å². The lowest BCUT2D eigenvalue weighted by molar-refractivity contribution is 0.0894. The van der Waals surface area contributed by atoms with E-state index in [-0.39, 0.29) is 6.10 Å². The first-order valence-electron chi connectivity index (χ1n) is 8.99. The largest absolute Gasteiger partial charge is 0.486 e. The molecule has 4 rings (SSSR count). The molecule has 0 unspecified atom stereocenters. The van der Waals surface area contributed by atoms with Crippen molar-refractivity contribution in [3.63, 3.8) is 0 Å². The number of piperidine rings is 1. The Balaban J connectivity index is 1.18. The van der Waals surface area contributed by atoms with Crippen LogP contribution in [0.4, 0.5) is 5.95 Å². The SMILES string of the molecule is c1cnc(N2CCC(CNC[C@@H]3COc4ccccc4O3)CC2)nc1. The van der Waals surface area contributed by atoms with Crippen LogP contribution in [0.15, 0.2) is 42.7 Å². The molecule has 0 spiro atoms. The molecule has 6 heteroatoms. The molecule has 3 heterocycles. The zero-order valence-corrected chi connectivity index (χ0v) is 14.3. The molecule has 1 aromatic heterocycles. The number of fused-ring (bicyclic) bond motifs is 1. The average molecular weight is 340 g/mol. The highest BCUT2D eigenvalue weighted by Gasteiger charge is 2.23. The molecule has 0 aliphatic carbocycles. The van der Waals surface area contributed by atoms with E-state index in [0.717, 1.165) is 56.5 Å². The van der Waals surface area contributed by atoms with Crippen molar-refractivity contribution in [2.75, 3.05) is 37.7 Å². The van der Waals surface area contributed by atoms with Gasteiger partial charge in [0.25, 0.3) is 0 Å². The van der Waals surface area contributed by atoms with E-state index in [9.17, 15) is 0 Å². The van der Waals surface area contributed by atoms with Gasteiger partial charge < -0.3 is 19.7 Å². The number of ether oxygens (including phenoxy) is 2. The van der Waals surface area contributed by atoms with E-state index < -0.39 is 0 Å². The third kappa shape index (κ3) is 4.02. The van der Waals surface area contributed by atoms with Crippen LogP contribution in [0.3, 0.4) is 0 Å². The molecular formula is C19H24N4O2. The third-order valence-electron chi connectivity index (χ3n) is 4.82. The minimum atomic E-state index is 0.0766. The Hall–Kier alpha value is -2.34. The first-order chi connectivity index (χ1) is 12.4. The van der Waals surface area contributed by atoms with Gasteiger partial charge in [0.1, 0.15) is 12.7 Å². The molecule has 132 valence electrons. The number of aromatic nitrogens is 2. The van der Waals surface area contributed by atoms with E-state index in [1.807, 2.05) is 30.3 Å². The predicted molar refractivity (Wildman–Crippen MR) is 96.2 cm³/mol. The Labute approximate surface area is 148 Å². The molecule has 0 saturated carbocycles. The van der Waals surface area contributed by atoms with Crippen LogP contribution in [-0.2, 0) is 0 Å². The van der Waals surface area contributed by atoms with Crippen molar-refractivity contribution in [3.8, 4) is 11.5 Å². The molecule has 1 saturated heterocycles. The molecule has 2 aliphatic rings. The number of para-hydroxylation sites is 2. The second-order valence-electron chi connectivity index (χ2n) is 6.64. The Morgan fingerprint density at radius 2 is 1.76 bits per heavy atom. The predicted octanol–water partition coefficient (Wildman–Crippen LogP) is 2.12. The standard InChI is InChI=1S/C19H24N4O2/c1-2-5-18-17(4-1)24-14-16(25-18)13-20-12-15-6-10-23(11-7-15)19-21-8-3-9-22-19/h1-5,8-9,15-16,20H,6-7,10-14H2/t16-/m1/s1. The number of nitrogens with one attached hydrogen (secondary N) is 1. The number of anilines is 1. The molecule has 0 bridgehead atoms. The van der Waals surface area contributed by atoms with Gasteiger partial charge in [-0.2, -0.15) is 0 Å². The quantitative estimate of drug-likeness (QED) is 0.900. The van der Waals surface area contributed by atoms with Crippen molar-refractivity contribution in [1.29, 1.82) is 0 Å². The van der Waals surface area contributed by atoms with Crippen LogP contribution >= 0.6 is 0 Å². The van der Waals surface area contributed by atoms with E-state index in [1.54, 1.807) is 12.4 Å². The third-order valence-corrected chi connectivity index (χ3v) is 4.82. The van der Waals surface area contributed by atoms with Gasteiger partial charge in [0.15, 0.2) is 11.5 Å². The fourth-order valence-corrected chi connectivity index (χ4v) is 3.40. The Morgan fingerprint density at radius 3 is 2.56 bits per heavy atom. The van der Waals surface area contributed by atoms with Crippen molar-refractivity contribution in [2.24, 2.45) is 5.92 Å². The summed E-state index contributed by atoms with van der Waals surface area (Å²) in [7, 11) is 0. The average Bonchev–Trinajstić information content (AvgIpc) is 2.69. The normalized spacial score (nSPS) is 20.5. The van der Waals surface area contributed by atoms with Crippen molar-refractivity contribution in [1.82, 2.24) is 15.3 Å². The topological polar surface area (TPSA) is 59.5 Å². The molecular weight excluding hydrogens is 316 g/mol. The highest BCUT2D eigenvalue weighted by molar-refractivity contribution is 5.40. The Bertz CT molecular complexity index is 674. The lowest BCUT2D eigenvalue weighted by Gasteiger charge is -2.32. The zero-order chi connectivity index (χ0) is 16.9. The van der Waals surface area contributed by atoms with Gasteiger partial charge in [0.05, 0.1) is 0 Å². The fourth-order valence-electron chi connectivity index (χ4n) is 3.40. The maximum atomic E-state index is 5.98. The van der Waals surface area contributed by atoms with Crippen molar-refractivity contribution in [3.05, 3.63) is 42.7 Å². The molecule has 1 atom stereocenters. The van der Waals surface area contributed by atoms with Crippen LogP contribution in [-0.4, -0.2) is 48.9 Å². The number of nitrogens with zero attached hydrogens (tertiary/aromatic N) is 3. The van der Waals surface area contributed by atoms with Crippen molar-refractivity contribution >= 4 is 5.95 Å². The minimum Gasteiger partial charge on any atom is -0.486 e. The summed E-state index contributed by atoms with van der Waals surface area (Å²) in [4.78, 5) is 10.9. The summed E-state index contributed by atoms with van der Waals surface area (Å²) >= 11 is 0. The molecule has 6 nitrogen and oxygen atoms in total. The van der Waals surface area contributed by atoms with E-state index in [0.29, 0.717) is 12.5 Å². The van der Waals surface area contributed by atoms with Crippen LogP contribution in [0.1, 0.15) is 12.8 Å². The van der Waals surface area contributed by atoms with E-state index >= 15 is 0 Å². The summed E-state index contributed by atoms with van der Waals surface area (Å²) in [5.41, 5.74) is 0. The Kier molecular flexibility index (Phi) is 4.97. The van der Waals surface area contributed by atoms with Gasteiger partial charge in [-0.05, 0) is 43.5 Å². The van der Waals surface area contributed by atoms with Crippen LogP contribution < -0.4 is 19.7 Å². The number of rotatable bonds is 5. The van der Waals surface area contributed by atoms with E-state index in [4.69, 9.17) is 9.47 Å². The highest BCUT2D eigenvalue weighted by Crippen LogP contribution is 2.30. The van der Waals surface area contributed by atoms with Gasteiger partial charge in [0.2, 0.25) is 5.95 Å². The molecule has 2 aromatic rings. The number of benzene rings is 1. The highest BCUT2D eigenvalue weighted by atomic mass is 16.6. The summed E-state index contributed by atoms with van der Waals surface area (Å²) in [6.07, 6.45) is 6.01.